The molecule has 0 amide bonds. The van der Waals surface area contributed by atoms with Crippen LogP contribution in [0.25, 0.3) is 0 Å². The van der Waals surface area contributed by atoms with Crippen LogP contribution in [0.2, 0.25) is 10.0 Å². The highest BCUT2D eigenvalue weighted by atomic mass is 35.5. The third-order valence-corrected chi connectivity index (χ3v) is 7.56. The lowest BCUT2D eigenvalue weighted by atomic mass is 9.92. The maximum Gasteiger partial charge on any atom is 0.0981 e. The molecule has 0 aliphatic carbocycles. The molecule has 32 heavy (non-hydrogen) atoms. The molecule has 2 N–H and O–H groups in total. The summed E-state index contributed by atoms with van der Waals surface area (Å²) in [5.74, 6) is 0. The van der Waals surface area contributed by atoms with Gasteiger partial charge in [-0.3, -0.25) is 0 Å². The number of halogens is 2. The van der Waals surface area contributed by atoms with Gasteiger partial charge in [-0.15, -0.1) is 0 Å². The summed E-state index contributed by atoms with van der Waals surface area (Å²) in [5.41, 5.74) is 5.38. The molecule has 2 aromatic carbocycles. The number of ether oxygens (including phenoxy) is 2. The molecule has 2 saturated heterocycles. The first-order valence-corrected chi connectivity index (χ1v) is 12.7. The van der Waals surface area contributed by atoms with Crippen molar-refractivity contribution >= 4 is 23.2 Å². The van der Waals surface area contributed by atoms with Crippen LogP contribution >= 0.6 is 23.2 Å². The predicted octanol–water partition coefficient (Wildman–Crippen LogP) is 5.41. The Morgan fingerprint density at radius 1 is 0.688 bits per heavy atom. The summed E-state index contributed by atoms with van der Waals surface area (Å²) in [4.78, 5) is 0. The zero-order chi connectivity index (χ0) is 21.9. The summed E-state index contributed by atoms with van der Waals surface area (Å²) in [6.07, 6.45) is 7.33. The van der Waals surface area contributed by atoms with Crippen molar-refractivity contribution in [3.05, 3.63) is 68.7 Å². The van der Waals surface area contributed by atoms with E-state index in [9.17, 15) is 0 Å². The second-order valence-electron chi connectivity index (χ2n) is 9.17. The van der Waals surface area contributed by atoms with E-state index < -0.39 is 0 Å². The monoisotopic (exact) mass is 474 g/mol. The Labute approximate surface area is 201 Å². The minimum atomic E-state index is 0.199. The largest absolute Gasteiger partial charge is 0.372 e. The smallest absolute Gasteiger partial charge is 0.0981 e. The van der Waals surface area contributed by atoms with Crippen LogP contribution in [-0.2, 0) is 22.3 Å². The number of nitrogens with one attached hydrogen (secondary N) is 2. The molecule has 2 aromatic rings. The maximum absolute atomic E-state index is 6.07. The normalized spacial score (nSPS) is 29.1. The number of rotatable bonds is 2. The lowest BCUT2D eigenvalue weighted by Gasteiger charge is -2.30. The van der Waals surface area contributed by atoms with Gasteiger partial charge >= 0.3 is 0 Å². The molecule has 0 bridgehead atoms. The second-order valence-corrected chi connectivity index (χ2v) is 10.0. The van der Waals surface area contributed by atoms with Crippen molar-refractivity contribution < 1.29 is 9.47 Å². The molecule has 6 heteroatoms. The quantitative estimate of drug-likeness (QED) is 0.610. The molecular formula is C26H32Cl2N2O2. The van der Waals surface area contributed by atoms with E-state index in [4.69, 9.17) is 32.7 Å². The zero-order valence-electron chi connectivity index (χ0n) is 18.4. The second kappa shape index (κ2) is 10.4. The number of hydrogen-bond acceptors (Lipinski definition) is 4. The molecule has 172 valence electrons. The summed E-state index contributed by atoms with van der Waals surface area (Å²) in [6, 6.07) is 13.3. The third kappa shape index (κ3) is 5.01. The van der Waals surface area contributed by atoms with Gasteiger partial charge < -0.3 is 20.1 Å². The van der Waals surface area contributed by atoms with Gasteiger partial charge in [-0.05, 0) is 98.1 Å². The van der Waals surface area contributed by atoms with Crippen LogP contribution in [0.1, 0.15) is 60.1 Å². The Hall–Kier alpha value is -1.14. The van der Waals surface area contributed by atoms with E-state index in [2.05, 4.69) is 34.9 Å². The number of fused-ring (bicyclic) bond motifs is 2. The Bertz CT molecular complexity index is 851. The molecule has 0 aromatic heterocycles. The van der Waals surface area contributed by atoms with Crippen LogP contribution in [0.3, 0.4) is 0 Å². The maximum atomic E-state index is 6.07. The Morgan fingerprint density at radius 2 is 1.16 bits per heavy atom. The lowest BCUT2D eigenvalue weighted by Crippen LogP contribution is -2.33. The molecule has 0 saturated carbocycles. The first-order valence-electron chi connectivity index (χ1n) is 12.0. The van der Waals surface area contributed by atoms with Gasteiger partial charge in [0.05, 0.1) is 25.4 Å². The fourth-order valence-corrected chi connectivity index (χ4v) is 5.85. The van der Waals surface area contributed by atoms with Crippen molar-refractivity contribution in [2.75, 3.05) is 26.3 Å². The SMILES string of the molecule is Clc1ccc2c(c1)[C@@H]([C@@H]1CCCN1)OCC2.Clc1ccc2c(c1)[C@H]([C@@H]1CCCN1)OCC2. The highest BCUT2D eigenvalue weighted by Crippen LogP contribution is 2.35. The van der Waals surface area contributed by atoms with Crippen LogP contribution in [0.4, 0.5) is 0 Å². The van der Waals surface area contributed by atoms with E-state index in [1.54, 1.807) is 0 Å². The van der Waals surface area contributed by atoms with E-state index in [0.717, 1.165) is 49.2 Å². The predicted molar refractivity (Wildman–Crippen MR) is 130 cm³/mol. The van der Waals surface area contributed by atoms with Crippen LogP contribution in [0, 0.1) is 0 Å². The lowest BCUT2D eigenvalue weighted by molar-refractivity contribution is 0.0199. The highest BCUT2D eigenvalue weighted by Gasteiger charge is 2.31. The van der Waals surface area contributed by atoms with Crippen LogP contribution < -0.4 is 10.6 Å². The van der Waals surface area contributed by atoms with Crippen molar-refractivity contribution in [2.45, 2.75) is 62.8 Å². The molecule has 4 heterocycles. The average molecular weight is 475 g/mol. The Balaban J connectivity index is 0.000000135. The fraction of sp³-hybridized carbons (Fsp3) is 0.538. The summed E-state index contributed by atoms with van der Waals surface area (Å²) >= 11 is 12.1. The average Bonchev–Trinajstić information content (AvgIpc) is 3.53. The first kappa shape index (κ1) is 22.6. The molecule has 6 rings (SSSR count). The van der Waals surface area contributed by atoms with Gasteiger partial charge in [-0.2, -0.15) is 0 Å². The summed E-state index contributed by atoms with van der Waals surface area (Å²) in [5, 5.41) is 8.66. The van der Waals surface area contributed by atoms with E-state index in [1.165, 1.54) is 47.9 Å². The summed E-state index contributed by atoms with van der Waals surface area (Å²) in [7, 11) is 0. The molecular weight excluding hydrogens is 443 g/mol. The van der Waals surface area contributed by atoms with Gasteiger partial charge in [0.15, 0.2) is 0 Å². The van der Waals surface area contributed by atoms with Crippen molar-refractivity contribution in [3.63, 3.8) is 0 Å². The molecule has 0 radical (unpaired) electrons. The van der Waals surface area contributed by atoms with Crippen LogP contribution in [0.15, 0.2) is 36.4 Å². The standard InChI is InChI=1S/2C13H16ClNO/c2*14-10-4-3-9-5-7-16-13(11(9)8-10)12-2-1-6-15-12/h2*3-4,8,12-13,15H,1-2,5-7H2/t12-,13+;12-,13-/m00/s1. The van der Waals surface area contributed by atoms with Crippen molar-refractivity contribution in [2.24, 2.45) is 0 Å². The number of hydrogen-bond donors (Lipinski definition) is 2. The molecule has 4 aliphatic rings. The van der Waals surface area contributed by atoms with Crippen molar-refractivity contribution in [1.29, 1.82) is 0 Å². The van der Waals surface area contributed by atoms with Gasteiger partial charge in [0.2, 0.25) is 0 Å². The van der Waals surface area contributed by atoms with Gasteiger partial charge in [-0.1, -0.05) is 35.3 Å². The highest BCUT2D eigenvalue weighted by molar-refractivity contribution is 6.31. The topological polar surface area (TPSA) is 42.5 Å². The van der Waals surface area contributed by atoms with Crippen molar-refractivity contribution in [1.82, 2.24) is 10.6 Å². The molecule has 2 fully saturated rings. The first-order chi connectivity index (χ1) is 15.7. The summed E-state index contributed by atoms with van der Waals surface area (Å²) in [6.45, 7) is 3.88. The van der Waals surface area contributed by atoms with Crippen LogP contribution in [0.5, 0.6) is 0 Å². The minimum absolute atomic E-state index is 0.199. The van der Waals surface area contributed by atoms with Crippen LogP contribution in [-0.4, -0.2) is 38.4 Å². The Kier molecular flexibility index (Phi) is 7.37. The molecule has 4 nitrogen and oxygen atoms in total. The Morgan fingerprint density at radius 3 is 1.56 bits per heavy atom. The van der Waals surface area contributed by atoms with E-state index in [0.29, 0.717) is 12.1 Å². The fourth-order valence-electron chi connectivity index (χ4n) is 5.49. The molecule has 4 atom stereocenters. The van der Waals surface area contributed by atoms with Gasteiger partial charge in [-0.25, -0.2) is 0 Å². The zero-order valence-corrected chi connectivity index (χ0v) is 19.9. The molecule has 4 aliphatic heterocycles. The number of benzene rings is 2. The van der Waals surface area contributed by atoms with E-state index >= 15 is 0 Å². The van der Waals surface area contributed by atoms with Gasteiger partial charge in [0.1, 0.15) is 0 Å². The molecule has 0 spiro atoms. The summed E-state index contributed by atoms with van der Waals surface area (Å²) < 4.78 is 11.8. The third-order valence-electron chi connectivity index (χ3n) is 7.09. The van der Waals surface area contributed by atoms with Crippen molar-refractivity contribution in [3.8, 4) is 0 Å². The van der Waals surface area contributed by atoms with E-state index in [1.807, 2.05) is 12.1 Å². The minimum Gasteiger partial charge on any atom is -0.372 e. The van der Waals surface area contributed by atoms with E-state index in [-0.39, 0.29) is 12.2 Å². The van der Waals surface area contributed by atoms with Gasteiger partial charge in [0, 0.05) is 22.1 Å². The molecule has 0 unspecified atom stereocenters. The van der Waals surface area contributed by atoms with Gasteiger partial charge in [0.25, 0.3) is 0 Å².